The number of aromatic nitrogens is 5. The highest BCUT2D eigenvalue weighted by Crippen LogP contribution is 2.25. The summed E-state index contributed by atoms with van der Waals surface area (Å²) in [6, 6.07) is 7.40. The zero-order valence-electron chi connectivity index (χ0n) is 15.9. The van der Waals surface area contributed by atoms with Crippen LogP contribution in [0.5, 0.6) is 0 Å². The van der Waals surface area contributed by atoms with Crippen LogP contribution in [-0.2, 0) is 0 Å². The lowest BCUT2D eigenvalue weighted by Crippen LogP contribution is -2.45. The number of likely N-dealkylation sites (tertiary alicyclic amines) is 1. The number of benzene rings is 1. The normalized spacial score (nSPS) is 16.1. The summed E-state index contributed by atoms with van der Waals surface area (Å²) in [6.45, 7) is 5.19. The Morgan fingerprint density at radius 1 is 1.36 bits per heavy atom. The SMILES string of the molecule is Cc1cccc(-c2noc(C(C)NC(=O)N3CCC(c4ncn[nH]4)CC3)n2)c1. The lowest BCUT2D eigenvalue weighted by Gasteiger charge is -2.31. The summed E-state index contributed by atoms with van der Waals surface area (Å²) in [5.74, 6) is 2.12. The van der Waals surface area contributed by atoms with Crippen molar-refractivity contribution in [1.82, 2.24) is 35.5 Å². The van der Waals surface area contributed by atoms with Crippen LogP contribution in [-0.4, -0.2) is 49.3 Å². The first kappa shape index (κ1) is 18.1. The lowest BCUT2D eigenvalue weighted by atomic mass is 9.96. The van der Waals surface area contributed by atoms with Gasteiger partial charge in [-0.25, -0.2) is 9.78 Å². The van der Waals surface area contributed by atoms with E-state index in [0.717, 1.165) is 29.8 Å². The molecule has 9 heteroatoms. The standard InChI is InChI=1S/C19H23N7O2/c1-12-4-3-5-15(10-12)17-23-18(28-25-17)13(2)22-19(27)26-8-6-14(7-9-26)16-20-11-21-24-16/h3-5,10-11,13-14H,6-9H2,1-2H3,(H,22,27)(H,20,21,24). The average Bonchev–Trinajstić information content (AvgIpc) is 3.40. The molecule has 1 fully saturated rings. The molecule has 9 nitrogen and oxygen atoms in total. The maximum atomic E-state index is 12.6. The van der Waals surface area contributed by atoms with Crippen LogP contribution in [0, 0.1) is 6.92 Å². The van der Waals surface area contributed by atoms with E-state index in [9.17, 15) is 4.79 Å². The van der Waals surface area contributed by atoms with Crippen LogP contribution < -0.4 is 5.32 Å². The van der Waals surface area contributed by atoms with Crippen molar-refractivity contribution in [3.63, 3.8) is 0 Å². The van der Waals surface area contributed by atoms with Crippen LogP contribution in [0.3, 0.4) is 0 Å². The second-order valence-electron chi connectivity index (χ2n) is 7.13. The third-order valence-corrected chi connectivity index (χ3v) is 5.03. The Morgan fingerprint density at radius 3 is 2.89 bits per heavy atom. The molecule has 0 radical (unpaired) electrons. The van der Waals surface area contributed by atoms with Gasteiger partial charge in [0.05, 0.1) is 0 Å². The molecule has 1 aliphatic heterocycles. The Labute approximate surface area is 162 Å². The van der Waals surface area contributed by atoms with Crippen molar-refractivity contribution >= 4 is 6.03 Å². The molecule has 1 aliphatic rings. The van der Waals surface area contributed by atoms with Gasteiger partial charge in [-0.2, -0.15) is 10.1 Å². The highest BCUT2D eigenvalue weighted by molar-refractivity contribution is 5.74. The number of amides is 2. The predicted octanol–water partition coefficient (Wildman–Crippen LogP) is 2.81. The van der Waals surface area contributed by atoms with E-state index in [2.05, 4.69) is 30.6 Å². The van der Waals surface area contributed by atoms with Crippen LogP contribution >= 0.6 is 0 Å². The molecule has 28 heavy (non-hydrogen) atoms. The Morgan fingerprint density at radius 2 is 2.18 bits per heavy atom. The number of hydrogen-bond donors (Lipinski definition) is 2. The molecule has 1 unspecified atom stereocenters. The zero-order chi connectivity index (χ0) is 19.5. The second kappa shape index (κ2) is 7.79. The minimum Gasteiger partial charge on any atom is -0.337 e. The smallest absolute Gasteiger partial charge is 0.318 e. The number of carbonyl (C=O) groups excluding carboxylic acids is 1. The number of rotatable bonds is 4. The van der Waals surface area contributed by atoms with Crippen LogP contribution in [0.2, 0.25) is 0 Å². The first-order chi connectivity index (χ1) is 13.6. The maximum Gasteiger partial charge on any atom is 0.318 e. The zero-order valence-corrected chi connectivity index (χ0v) is 15.9. The van der Waals surface area contributed by atoms with Gasteiger partial charge in [-0.05, 0) is 32.8 Å². The van der Waals surface area contributed by atoms with Gasteiger partial charge in [0.25, 0.3) is 0 Å². The molecule has 146 valence electrons. The van der Waals surface area contributed by atoms with E-state index in [4.69, 9.17) is 4.52 Å². The Hall–Kier alpha value is -3.23. The molecule has 2 N–H and O–H groups in total. The van der Waals surface area contributed by atoms with Crippen LogP contribution in [0.25, 0.3) is 11.4 Å². The first-order valence-electron chi connectivity index (χ1n) is 9.41. The molecule has 4 rings (SSSR count). The summed E-state index contributed by atoms with van der Waals surface area (Å²) in [5.41, 5.74) is 2.02. The molecule has 2 aromatic heterocycles. The number of nitrogens with one attached hydrogen (secondary N) is 2. The molecule has 0 bridgehead atoms. The van der Waals surface area contributed by atoms with E-state index in [0.29, 0.717) is 30.7 Å². The molecule has 0 spiro atoms. The average molecular weight is 381 g/mol. The van der Waals surface area contributed by atoms with Crippen molar-refractivity contribution in [2.45, 2.75) is 38.6 Å². The van der Waals surface area contributed by atoms with E-state index < -0.39 is 0 Å². The number of piperidine rings is 1. The topological polar surface area (TPSA) is 113 Å². The van der Waals surface area contributed by atoms with Crippen molar-refractivity contribution < 1.29 is 9.32 Å². The van der Waals surface area contributed by atoms with Crippen molar-refractivity contribution in [2.75, 3.05) is 13.1 Å². The molecular weight excluding hydrogens is 358 g/mol. The molecule has 1 saturated heterocycles. The summed E-state index contributed by atoms with van der Waals surface area (Å²) in [5, 5.41) is 13.8. The summed E-state index contributed by atoms with van der Waals surface area (Å²) < 4.78 is 5.36. The fourth-order valence-electron chi connectivity index (χ4n) is 3.42. The molecule has 2 amide bonds. The number of aromatic amines is 1. The fraction of sp³-hybridized carbons (Fsp3) is 0.421. The van der Waals surface area contributed by atoms with Gasteiger partial charge in [0.2, 0.25) is 11.7 Å². The van der Waals surface area contributed by atoms with Crippen LogP contribution in [0.1, 0.15) is 49.0 Å². The van der Waals surface area contributed by atoms with Gasteiger partial charge in [0, 0.05) is 24.6 Å². The van der Waals surface area contributed by atoms with E-state index in [1.807, 2.05) is 38.1 Å². The number of carbonyl (C=O) groups is 1. The minimum atomic E-state index is -0.370. The second-order valence-corrected chi connectivity index (χ2v) is 7.13. The number of H-pyrrole nitrogens is 1. The highest BCUT2D eigenvalue weighted by Gasteiger charge is 2.27. The number of urea groups is 1. The van der Waals surface area contributed by atoms with Crippen molar-refractivity contribution in [3.8, 4) is 11.4 Å². The maximum absolute atomic E-state index is 12.6. The predicted molar refractivity (Wildman–Crippen MR) is 101 cm³/mol. The summed E-state index contributed by atoms with van der Waals surface area (Å²) in [7, 11) is 0. The largest absolute Gasteiger partial charge is 0.337 e. The van der Waals surface area contributed by atoms with Gasteiger partial charge in [0.15, 0.2) is 0 Å². The monoisotopic (exact) mass is 381 g/mol. The van der Waals surface area contributed by atoms with Crippen molar-refractivity contribution in [1.29, 1.82) is 0 Å². The Kier molecular flexibility index (Phi) is 5.05. The van der Waals surface area contributed by atoms with Crippen molar-refractivity contribution in [3.05, 3.63) is 47.9 Å². The van der Waals surface area contributed by atoms with Gasteiger partial charge in [0.1, 0.15) is 18.2 Å². The number of aryl methyl sites for hydroxylation is 1. The summed E-state index contributed by atoms with van der Waals surface area (Å²) in [4.78, 5) is 23.0. The third-order valence-electron chi connectivity index (χ3n) is 5.03. The summed E-state index contributed by atoms with van der Waals surface area (Å²) in [6.07, 6.45) is 3.23. The van der Waals surface area contributed by atoms with Gasteiger partial charge < -0.3 is 14.7 Å². The van der Waals surface area contributed by atoms with Crippen LogP contribution in [0.15, 0.2) is 35.1 Å². The van der Waals surface area contributed by atoms with Crippen LogP contribution in [0.4, 0.5) is 4.79 Å². The van der Waals surface area contributed by atoms with Gasteiger partial charge in [-0.3, -0.25) is 5.10 Å². The Bertz CT molecular complexity index is 929. The molecular formula is C19H23N7O2. The minimum absolute atomic E-state index is 0.126. The van der Waals surface area contributed by atoms with E-state index >= 15 is 0 Å². The van der Waals surface area contributed by atoms with Crippen molar-refractivity contribution in [2.24, 2.45) is 0 Å². The highest BCUT2D eigenvalue weighted by atomic mass is 16.5. The van der Waals surface area contributed by atoms with Gasteiger partial charge >= 0.3 is 6.03 Å². The first-order valence-corrected chi connectivity index (χ1v) is 9.41. The molecule has 0 saturated carbocycles. The number of hydrogen-bond acceptors (Lipinski definition) is 6. The summed E-state index contributed by atoms with van der Waals surface area (Å²) >= 11 is 0. The third kappa shape index (κ3) is 3.88. The van der Waals surface area contributed by atoms with E-state index in [1.54, 1.807) is 4.90 Å². The lowest BCUT2D eigenvalue weighted by molar-refractivity contribution is 0.175. The quantitative estimate of drug-likeness (QED) is 0.718. The van der Waals surface area contributed by atoms with E-state index in [-0.39, 0.29) is 12.1 Å². The number of nitrogens with zero attached hydrogens (tertiary/aromatic N) is 5. The molecule has 3 aromatic rings. The van der Waals surface area contributed by atoms with E-state index in [1.165, 1.54) is 6.33 Å². The molecule has 3 heterocycles. The molecule has 0 aliphatic carbocycles. The Balaban J connectivity index is 1.34. The molecule has 1 aromatic carbocycles. The van der Waals surface area contributed by atoms with Gasteiger partial charge in [-0.15, -0.1) is 0 Å². The molecule has 1 atom stereocenters. The fourth-order valence-corrected chi connectivity index (χ4v) is 3.42. The van der Waals surface area contributed by atoms with Gasteiger partial charge in [-0.1, -0.05) is 28.9 Å².